The number of methoxy groups -OCH3 is 2. The van der Waals surface area contributed by atoms with E-state index in [1.807, 2.05) is 54.6 Å². The standard InChI is InChI=1S/C24H26N4O4/c1-31-18-10-6-9-17(14-18)22-21-19(25-15-26-21)11-12-28(22)24(30)27-20(23(29)32-2)13-16-7-4-3-5-8-16/h3-10,14-15,20,22H,11-13H2,1-2H3,(H,25,26)(H,27,30). The molecule has 0 saturated heterocycles. The average molecular weight is 434 g/mol. The summed E-state index contributed by atoms with van der Waals surface area (Å²) in [5.41, 5.74) is 3.60. The van der Waals surface area contributed by atoms with Crippen LogP contribution in [0.15, 0.2) is 60.9 Å². The Morgan fingerprint density at radius 2 is 2.00 bits per heavy atom. The number of H-pyrrole nitrogens is 1. The van der Waals surface area contributed by atoms with Crippen LogP contribution in [0.4, 0.5) is 4.79 Å². The molecular formula is C24H26N4O4. The molecule has 0 aliphatic carbocycles. The van der Waals surface area contributed by atoms with Crippen molar-refractivity contribution in [3.8, 4) is 5.75 Å². The Kier molecular flexibility index (Phi) is 6.39. The largest absolute Gasteiger partial charge is 0.497 e. The van der Waals surface area contributed by atoms with E-state index in [9.17, 15) is 9.59 Å². The Hall–Kier alpha value is -3.81. The van der Waals surface area contributed by atoms with Crippen molar-refractivity contribution in [2.24, 2.45) is 0 Å². The number of amides is 2. The van der Waals surface area contributed by atoms with E-state index in [1.54, 1.807) is 18.3 Å². The smallest absolute Gasteiger partial charge is 0.328 e. The average Bonchev–Trinajstić information content (AvgIpc) is 3.32. The number of carbonyl (C=O) groups is 2. The van der Waals surface area contributed by atoms with Gasteiger partial charge in [0.25, 0.3) is 0 Å². The molecule has 8 heteroatoms. The summed E-state index contributed by atoms with van der Waals surface area (Å²) in [5.74, 6) is 0.208. The first-order chi connectivity index (χ1) is 15.6. The maximum atomic E-state index is 13.4. The minimum Gasteiger partial charge on any atom is -0.497 e. The molecule has 3 aromatic rings. The van der Waals surface area contributed by atoms with Gasteiger partial charge in [0.05, 0.1) is 26.2 Å². The van der Waals surface area contributed by atoms with E-state index in [0.29, 0.717) is 25.1 Å². The summed E-state index contributed by atoms with van der Waals surface area (Å²) in [6, 6.07) is 15.6. The van der Waals surface area contributed by atoms with Gasteiger partial charge in [-0.25, -0.2) is 14.6 Å². The first-order valence-corrected chi connectivity index (χ1v) is 10.5. The van der Waals surface area contributed by atoms with Crippen LogP contribution in [0.3, 0.4) is 0 Å². The summed E-state index contributed by atoms with van der Waals surface area (Å²) in [6.07, 6.45) is 2.63. The molecule has 2 amide bonds. The quantitative estimate of drug-likeness (QED) is 0.582. The molecule has 2 unspecified atom stereocenters. The molecular weight excluding hydrogens is 408 g/mol. The van der Waals surface area contributed by atoms with E-state index >= 15 is 0 Å². The Morgan fingerprint density at radius 3 is 2.75 bits per heavy atom. The maximum Gasteiger partial charge on any atom is 0.328 e. The van der Waals surface area contributed by atoms with Crippen molar-refractivity contribution in [2.75, 3.05) is 20.8 Å². The highest BCUT2D eigenvalue weighted by Gasteiger charge is 2.36. The van der Waals surface area contributed by atoms with Gasteiger partial charge in [0.2, 0.25) is 0 Å². The molecule has 1 aliphatic heterocycles. The lowest BCUT2D eigenvalue weighted by molar-refractivity contribution is -0.142. The number of ether oxygens (including phenoxy) is 2. The SMILES string of the molecule is COC(=O)C(Cc1ccccc1)NC(=O)N1CCc2[nH]cnc2C1c1cccc(OC)c1. The Bertz CT molecular complexity index is 1080. The molecule has 1 aliphatic rings. The van der Waals surface area contributed by atoms with Crippen LogP contribution in [0, 0.1) is 0 Å². The van der Waals surface area contributed by atoms with Gasteiger partial charge in [-0.2, -0.15) is 0 Å². The van der Waals surface area contributed by atoms with Crippen molar-refractivity contribution in [1.29, 1.82) is 0 Å². The number of urea groups is 1. The predicted octanol–water partition coefficient (Wildman–Crippen LogP) is 2.86. The first kappa shape index (κ1) is 21.4. The molecule has 0 bridgehead atoms. The van der Waals surface area contributed by atoms with Gasteiger partial charge in [-0.3, -0.25) is 0 Å². The van der Waals surface area contributed by atoms with Crippen LogP contribution in [0.1, 0.15) is 28.6 Å². The van der Waals surface area contributed by atoms with Crippen molar-refractivity contribution in [3.05, 3.63) is 83.4 Å². The molecule has 0 spiro atoms. The minimum absolute atomic E-state index is 0.338. The van der Waals surface area contributed by atoms with E-state index < -0.39 is 18.1 Å². The van der Waals surface area contributed by atoms with Crippen LogP contribution in [-0.2, 0) is 22.4 Å². The number of hydrogen-bond donors (Lipinski definition) is 2. The monoisotopic (exact) mass is 434 g/mol. The summed E-state index contributed by atoms with van der Waals surface area (Å²) < 4.78 is 10.3. The number of hydrogen-bond acceptors (Lipinski definition) is 5. The summed E-state index contributed by atoms with van der Waals surface area (Å²) in [7, 11) is 2.93. The molecule has 0 fully saturated rings. The molecule has 2 atom stereocenters. The van der Waals surface area contributed by atoms with E-state index in [4.69, 9.17) is 9.47 Å². The number of imidazole rings is 1. The van der Waals surface area contributed by atoms with E-state index in [2.05, 4.69) is 15.3 Å². The summed E-state index contributed by atoms with van der Waals surface area (Å²) in [5, 5.41) is 2.88. The van der Waals surface area contributed by atoms with Crippen LogP contribution < -0.4 is 10.1 Å². The molecule has 4 rings (SSSR count). The van der Waals surface area contributed by atoms with Crippen LogP contribution in [0.25, 0.3) is 0 Å². The molecule has 166 valence electrons. The number of nitrogens with zero attached hydrogens (tertiary/aromatic N) is 2. The third-order valence-corrected chi connectivity index (χ3v) is 5.66. The molecule has 0 radical (unpaired) electrons. The Labute approximate surface area is 186 Å². The number of nitrogens with one attached hydrogen (secondary N) is 2. The lowest BCUT2D eigenvalue weighted by Crippen LogP contribution is -2.52. The summed E-state index contributed by atoms with van der Waals surface area (Å²) in [4.78, 5) is 35.2. The van der Waals surface area contributed by atoms with Gasteiger partial charge in [0.15, 0.2) is 0 Å². The van der Waals surface area contributed by atoms with Crippen molar-refractivity contribution in [1.82, 2.24) is 20.2 Å². The Morgan fingerprint density at radius 1 is 1.19 bits per heavy atom. The highest BCUT2D eigenvalue weighted by molar-refractivity contribution is 5.84. The van der Waals surface area contributed by atoms with E-state index in [0.717, 1.165) is 22.5 Å². The molecule has 2 aromatic carbocycles. The summed E-state index contributed by atoms with van der Waals surface area (Å²) in [6.45, 7) is 0.474. The number of fused-ring (bicyclic) bond motifs is 1. The van der Waals surface area contributed by atoms with Crippen LogP contribution in [0.2, 0.25) is 0 Å². The number of benzene rings is 2. The number of esters is 1. The fraction of sp³-hybridized carbons (Fsp3) is 0.292. The van der Waals surface area contributed by atoms with Crippen LogP contribution >= 0.6 is 0 Å². The summed E-state index contributed by atoms with van der Waals surface area (Å²) >= 11 is 0. The van der Waals surface area contributed by atoms with Gasteiger partial charge in [0.1, 0.15) is 17.8 Å². The van der Waals surface area contributed by atoms with Gasteiger partial charge in [-0.15, -0.1) is 0 Å². The van der Waals surface area contributed by atoms with E-state index in [1.165, 1.54) is 7.11 Å². The van der Waals surface area contributed by atoms with Gasteiger partial charge < -0.3 is 24.7 Å². The molecule has 1 aromatic heterocycles. The third-order valence-electron chi connectivity index (χ3n) is 5.66. The van der Waals surface area contributed by atoms with Crippen molar-refractivity contribution >= 4 is 12.0 Å². The number of aromatic nitrogens is 2. The van der Waals surface area contributed by atoms with Crippen LogP contribution in [-0.4, -0.2) is 53.7 Å². The number of aromatic amines is 1. The van der Waals surface area contributed by atoms with E-state index in [-0.39, 0.29) is 6.03 Å². The van der Waals surface area contributed by atoms with Gasteiger partial charge in [-0.05, 0) is 23.3 Å². The van der Waals surface area contributed by atoms with Gasteiger partial charge >= 0.3 is 12.0 Å². The van der Waals surface area contributed by atoms with Gasteiger partial charge in [0, 0.05) is 25.1 Å². The van der Waals surface area contributed by atoms with Crippen LogP contribution in [0.5, 0.6) is 5.75 Å². The normalized spacial score (nSPS) is 16.1. The fourth-order valence-corrected chi connectivity index (χ4v) is 4.06. The lowest BCUT2D eigenvalue weighted by Gasteiger charge is -2.36. The third kappa shape index (κ3) is 4.44. The molecule has 2 N–H and O–H groups in total. The molecule has 8 nitrogen and oxygen atoms in total. The van der Waals surface area contributed by atoms with Crippen molar-refractivity contribution in [3.63, 3.8) is 0 Å². The second-order valence-corrected chi connectivity index (χ2v) is 7.60. The lowest BCUT2D eigenvalue weighted by atomic mass is 9.95. The zero-order valence-electron chi connectivity index (χ0n) is 18.1. The predicted molar refractivity (Wildman–Crippen MR) is 118 cm³/mol. The van der Waals surface area contributed by atoms with Crippen molar-refractivity contribution in [2.45, 2.75) is 24.9 Å². The fourth-order valence-electron chi connectivity index (χ4n) is 4.06. The molecule has 0 saturated carbocycles. The zero-order chi connectivity index (χ0) is 22.5. The second-order valence-electron chi connectivity index (χ2n) is 7.60. The zero-order valence-corrected chi connectivity index (χ0v) is 18.1. The second kappa shape index (κ2) is 9.55. The maximum absolute atomic E-state index is 13.4. The van der Waals surface area contributed by atoms with Gasteiger partial charge in [-0.1, -0.05) is 42.5 Å². The van der Waals surface area contributed by atoms with Crippen molar-refractivity contribution < 1.29 is 19.1 Å². The topological polar surface area (TPSA) is 96.6 Å². The molecule has 2 heterocycles. The molecule has 32 heavy (non-hydrogen) atoms. The highest BCUT2D eigenvalue weighted by Crippen LogP contribution is 2.34. The minimum atomic E-state index is -0.804. The highest BCUT2D eigenvalue weighted by atomic mass is 16.5. The first-order valence-electron chi connectivity index (χ1n) is 10.5. The Balaban J connectivity index is 1.62. The number of carbonyl (C=O) groups excluding carboxylic acids is 2. The number of rotatable bonds is 6.